The van der Waals surface area contributed by atoms with Crippen molar-refractivity contribution in [1.82, 2.24) is 4.90 Å². The first-order valence-electron chi connectivity index (χ1n) is 10.7. The molecular formula is C23H30N2O6. The third-order valence-electron chi connectivity index (χ3n) is 6.09. The van der Waals surface area contributed by atoms with Crippen molar-refractivity contribution in [2.24, 2.45) is 5.92 Å². The molecule has 2 aromatic rings. The molecule has 3 heterocycles. The second-order valence-corrected chi connectivity index (χ2v) is 8.18. The van der Waals surface area contributed by atoms with Gasteiger partial charge in [0.05, 0.1) is 5.92 Å². The number of hydrogen-bond acceptors (Lipinski definition) is 6. The van der Waals surface area contributed by atoms with Crippen LogP contribution in [0.5, 0.6) is 0 Å². The van der Waals surface area contributed by atoms with Crippen molar-refractivity contribution < 1.29 is 23.8 Å². The Kier molecular flexibility index (Phi) is 7.81. The van der Waals surface area contributed by atoms with Crippen LogP contribution in [-0.4, -0.2) is 54.7 Å². The van der Waals surface area contributed by atoms with Crippen LogP contribution in [0.15, 0.2) is 27.4 Å². The van der Waals surface area contributed by atoms with Gasteiger partial charge in [0.2, 0.25) is 5.91 Å². The summed E-state index contributed by atoms with van der Waals surface area (Å²) in [6.07, 6.45) is 4.09. The largest absolute Gasteiger partial charge is 0.483 e. The third kappa shape index (κ3) is 5.71. The fourth-order valence-corrected chi connectivity index (χ4v) is 4.44. The molecule has 8 nitrogen and oxygen atoms in total. The van der Waals surface area contributed by atoms with Gasteiger partial charge in [-0.15, -0.1) is 0 Å². The molecule has 4 rings (SSSR count). The molecule has 31 heavy (non-hydrogen) atoms. The Bertz CT molecular complexity index is 980. The molecule has 2 fully saturated rings. The number of aryl methyl sites for hydroxylation is 2. The molecule has 1 aromatic carbocycles. The van der Waals surface area contributed by atoms with Crippen molar-refractivity contribution in [3.05, 3.63) is 39.7 Å². The van der Waals surface area contributed by atoms with Gasteiger partial charge in [0.1, 0.15) is 5.58 Å². The number of amides is 1. The summed E-state index contributed by atoms with van der Waals surface area (Å²) in [6.45, 7) is 7.09. The second kappa shape index (κ2) is 10.5. The molecular weight excluding hydrogens is 400 g/mol. The smallest absolute Gasteiger partial charge is 0.336 e. The van der Waals surface area contributed by atoms with Gasteiger partial charge in [-0.05, 0) is 69.3 Å². The van der Waals surface area contributed by atoms with E-state index in [0.29, 0.717) is 11.6 Å². The number of nitrogens with zero attached hydrogens (tertiary/aromatic N) is 1. The molecule has 1 aromatic heterocycles. The van der Waals surface area contributed by atoms with Gasteiger partial charge in [-0.3, -0.25) is 14.5 Å². The zero-order valence-corrected chi connectivity index (χ0v) is 18.1. The number of fused-ring (bicyclic) bond motifs is 1. The quantitative estimate of drug-likeness (QED) is 0.569. The van der Waals surface area contributed by atoms with Gasteiger partial charge in [-0.1, -0.05) is 0 Å². The number of carbonyl (C=O) groups is 2. The first-order chi connectivity index (χ1) is 14.9. The molecule has 1 unspecified atom stereocenters. The van der Waals surface area contributed by atoms with Crippen LogP contribution in [0.2, 0.25) is 0 Å². The van der Waals surface area contributed by atoms with Crippen LogP contribution in [0.4, 0.5) is 5.69 Å². The highest BCUT2D eigenvalue weighted by atomic mass is 16.5. The summed E-state index contributed by atoms with van der Waals surface area (Å²) in [6, 6.07) is 5.77. The Morgan fingerprint density at radius 1 is 1.16 bits per heavy atom. The zero-order chi connectivity index (χ0) is 22.4. The van der Waals surface area contributed by atoms with Crippen molar-refractivity contribution in [3.8, 4) is 0 Å². The summed E-state index contributed by atoms with van der Waals surface area (Å²) in [5.74, 6) is 0.0794. The molecule has 0 radical (unpaired) electrons. The number of likely N-dealkylation sites (tertiary alicyclic amines) is 1. The number of nitrogens with one attached hydrogen (secondary N) is 1. The Morgan fingerprint density at radius 3 is 2.58 bits per heavy atom. The number of rotatable bonds is 3. The number of hydrogen-bond donors (Lipinski definition) is 2. The van der Waals surface area contributed by atoms with Crippen molar-refractivity contribution in [3.63, 3.8) is 0 Å². The lowest BCUT2D eigenvalue weighted by molar-refractivity contribution is -0.123. The summed E-state index contributed by atoms with van der Waals surface area (Å²) >= 11 is 0. The van der Waals surface area contributed by atoms with Gasteiger partial charge in [0.15, 0.2) is 0 Å². The maximum atomic E-state index is 13.0. The predicted octanol–water partition coefficient (Wildman–Crippen LogP) is 2.94. The van der Waals surface area contributed by atoms with Gasteiger partial charge >= 0.3 is 5.63 Å². The minimum atomic E-state index is -0.350. The first-order valence-corrected chi connectivity index (χ1v) is 10.7. The Morgan fingerprint density at radius 2 is 1.87 bits per heavy atom. The minimum Gasteiger partial charge on any atom is -0.483 e. The average molecular weight is 431 g/mol. The molecule has 0 bridgehead atoms. The normalized spacial score (nSPS) is 20.0. The van der Waals surface area contributed by atoms with E-state index in [1.807, 2.05) is 26.0 Å². The Labute approximate surface area is 181 Å². The lowest BCUT2D eigenvalue weighted by Crippen LogP contribution is -2.47. The van der Waals surface area contributed by atoms with E-state index in [1.165, 1.54) is 6.07 Å². The van der Waals surface area contributed by atoms with Crippen LogP contribution < -0.4 is 10.9 Å². The molecule has 168 valence electrons. The highest BCUT2D eigenvalue weighted by Crippen LogP contribution is 2.28. The highest BCUT2D eigenvalue weighted by molar-refractivity contribution is 5.96. The van der Waals surface area contributed by atoms with Crippen LogP contribution in [0.25, 0.3) is 11.0 Å². The number of anilines is 1. The molecule has 0 aliphatic carbocycles. The van der Waals surface area contributed by atoms with E-state index in [9.17, 15) is 9.59 Å². The van der Waals surface area contributed by atoms with Gasteiger partial charge < -0.3 is 19.6 Å². The van der Waals surface area contributed by atoms with Gasteiger partial charge in [-0.2, -0.15) is 0 Å². The van der Waals surface area contributed by atoms with Crippen molar-refractivity contribution >= 4 is 29.0 Å². The predicted molar refractivity (Wildman–Crippen MR) is 117 cm³/mol. The van der Waals surface area contributed by atoms with Crippen molar-refractivity contribution in [2.45, 2.75) is 45.6 Å². The molecule has 2 aliphatic heterocycles. The standard InChI is InChI=1S/C22H28N2O4.CH2O2/c1-14-11-21(25)28-20-10-15(2)19(12-18(14)20)23-22(26)16-4-3-7-24(13-16)17-5-8-27-9-6-17;2-1-3/h10-12,16-17H,3-9,13H2,1-2H3,(H,23,26);1H,(H,2,3). The van der Waals surface area contributed by atoms with Crippen molar-refractivity contribution in [2.75, 3.05) is 31.6 Å². The summed E-state index contributed by atoms with van der Waals surface area (Å²) in [7, 11) is 0. The second-order valence-electron chi connectivity index (χ2n) is 8.18. The highest BCUT2D eigenvalue weighted by Gasteiger charge is 2.30. The summed E-state index contributed by atoms with van der Waals surface area (Å²) in [5, 5.41) is 10.9. The number of benzene rings is 1. The number of ether oxygens (including phenoxy) is 1. The number of carboxylic acid groups (broad SMARTS) is 1. The van der Waals surface area contributed by atoms with Crippen LogP contribution in [0.3, 0.4) is 0 Å². The van der Waals surface area contributed by atoms with E-state index in [1.54, 1.807) is 0 Å². The van der Waals surface area contributed by atoms with Gasteiger partial charge in [-0.25, -0.2) is 4.79 Å². The lowest BCUT2D eigenvalue weighted by atomic mass is 9.94. The summed E-state index contributed by atoms with van der Waals surface area (Å²) in [4.78, 5) is 35.4. The van der Waals surface area contributed by atoms with Crippen LogP contribution in [0, 0.1) is 19.8 Å². The van der Waals surface area contributed by atoms with Crippen molar-refractivity contribution in [1.29, 1.82) is 0 Å². The molecule has 0 spiro atoms. The SMILES string of the molecule is Cc1cc2oc(=O)cc(C)c2cc1NC(=O)C1CCCN(C2CCOCC2)C1.O=CO. The average Bonchev–Trinajstić information content (AvgIpc) is 2.76. The Balaban J connectivity index is 0.000000858. The molecule has 2 aliphatic rings. The topological polar surface area (TPSA) is 109 Å². The molecule has 0 saturated carbocycles. The Hall–Kier alpha value is -2.71. The van der Waals surface area contributed by atoms with Crippen LogP contribution in [-0.2, 0) is 14.3 Å². The molecule has 8 heteroatoms. The maximum Gasteiger partial charge on any atom is 0.336 e. The van der Waals surface area contributed by atoms with E-state index in [4.69, 9.17) is 19.1 Å². The van der Waals surface area contributed by atoms with Gasteiger partial charge in [0.25, 0.3) is 6.47 Å². The third-order valence-corrected chi connectivity index (χ3v) is 6.09. The van der Waals surface area contributed by atoms with E-state index >= 15 is 0 Å². The van der Waals surface area contributed by atoms with E-state index in [0.717, 1.165) is 74.2 Å². The van der Waals surface area contributed by atoms with E-state index < -0.39 is 0 Å². The monoisotopic (exact) mass is 430 g/mol. The van der Waals surface area contributed by atoms with Crippen LogP contribution >= 0.6 is 0 Å². The number of piperidine rings is 1. The maximum absolute atomic E-state index is 13.0. The zero-order valence-electron chi connectivity index (χ0n) is 18.1. The lowest BCUT2D eigenvalue weighted by Gasteiger charge is -2.39. The van der Waals surface area contributed by atoms with Crippen LogP contribution in [0.1, 0.15) is 36.8 Å². The fourth-order valence-electron chi connectivity index (χ4n) is 4.44. The molecule has 2 N–H and O–H groups in total. The summed E-state index contributed by atoms with van der Waals surface area (Å²) in [5.41, 5.74) is 2.75. The molecule has 1 atom stereocenters. The number of carbonyl (C=O) groups excluding carboxylic acids is 1. The first kappa shape index (κ1) is 23.0. The minimum absolute atomic E-state index is 0.00138. The fraction of sp³-hybridized carbons (Fsp3) is 0.522. The van der Waals surface area contributed by atoms with E-state index in [-0.39, 0.29) is 23.9 Å². The summed E-state index contributed by atoms with van der Waals surface area (Å²) < 4.78 is 10.8. The van der Waals surface area contributed by atoms with E-state index in [2.05, 4.69) is 10.2 Å². The van der Waals surface area contributed by atoms with Gasteiger partial charge in [0, 0.05) is 42.9 Å². The molecule has 1 amide bonds. The molecule has 2 saturated heterocycles.